The van der Waals surface area contributed by atoms with E-state index < -0.39 is 0 Å². The molecule has 0 saturated carbocycles. The average Bonchev–Trinajstić information content (AvgIpc) is 3.33. The third-order valence-corrected chi connectivity index (χ3v) is 6.51. The maximum atomic E-state index is 10.7. The monoisotopic (exact) mass is 463 g/mol. The largest absolute Gasteiger partial charge is 0.510 e. The van der Waals surface area contributed by atoms with Crippen molar-refractivity contribution >= 4 is 22.7 Å². The highest BCUT2D eigenvalue weighted by molar-refractivity contribution is 7.13. The van der Waals surface area contributed by atoms with Gasteiger partial charge in [-0.25, -0.2) is 4.98 Å². The van der Waals surface area contributed by atoms with Crippen LogP contribution >= 0.6 is 11.3 Å². The molecule has 7 heteroatoms. The van der Waals surface area contributed by atoms with Crippen LogP contribution in [0.2, 0.25) is 0 Å². The Hall–Kier alpha value is -3.32. The Morgan fingerprint density at radius 3 is 2.52 bits per heavy atom. The summed E-state index contributed by atoms with van der Waals surface area (Å²) in [7, 11) is 0. The van der Waals surface area contributed by atoms with E-state index in [0.29, 0.717) is 42.7 Å². The lowest BCUT2D eigenvalue weighted by Crippen LogP contribution is -2.28. The van der Waals surface area contributed by atoms with E-state index in [4.69, 9.17) is 19.9 Å². The number of hydrogen-bond donors (Lipinski definition) is 2. The van der Waals surface area contributed by atoms with Crippen molar-refractivity contribution in [2.45, 2.75) is 27.2 Å². The van der Waals surface area contributed by atoms with Crippen LogP contribution in [0.4, 0.5) is 0 Å². The zero-order valence-electron chi connectivity index (χ0n) is 19.2. The molecule has 0 radical (unpaired) electrons. The SMILES string of the molecule is CCOc1ccc(CCN2CC(O)=C(c3nc(-c4ccccc4)c(C)s3)C2=N)cc1OCC. The summed E-state index contributed by atoms with van der Waals surface area (Å²) >= 11 is 1.52. The van der Waals surface area contributed by atoms with Crippen molar-refractivity contribution in [3.63, 3.8) is 0 Å². The number of aromatic nitrogens is 1. The summed E-state index contributed by atoms with van der Waals surface area (Å²) in [6.45, 7) is 8.02. The number of ether oxygens (including phenoxy) is 2. The van der Waals surface area contributed by atoms with Crippen LogP contribution in [0.25, 0.3) is 16.8 Å². The molecule has 172 valence electrons. The molecule has 0 bridgehead atoms. The minimum absolute atomic E-state index is 0.204. The molecule has 2 heterocycles. The van der Waals surface area contributed by atoms with Crippen LogP contribution in [-0.2, 0) is 6.42 Å². The average molecular weight is 464 g/mol. The van der Waals surface area contributed by atoms with Gasteiger partial charge in [-0.3, -0.25) is 5.41 Å². The van der Waals surface area contributed by atoms with Gasteiger partial charge >= 0.3 is 0 Å². The predicted molar refractivity (Wildman–Crippen MR) is 134 cm³/mol. The van der Waals surface area contributed by atoms with Crippen molar-refractivity contribution in [2.75, 3.05) is 26.3 Å². The summed E-state index contributed by atoms with van der Waals surface area (Å²) < 4.78 is 11.4. The van der Waals surface area contributed by atoms with Crippen LogP contribution in [0.15, 0.2) is 54.3 Å². The van der Waals surface area contributed by atoms with E-state index >= 15 is 0 Å². The minimum atomic E-state index is 0.204. The Bertz CT molecular complexity index is 1170. The molecule has 1 aliphatic heterocycles. The quantitative estimate of drug-likeness (QED) is 0.424. The van der Waals surface area contributed by atoms with Crippen LogP contribution in [0.1, 0.15) is 29.3 Å². The summed E-state index contributed by atoms with van der Waals surface area (Å²) in [5, 5.41) is 20.1. The molecule has 0 spiro atoms. The highest BCUT2D eigenvalue weighted by Gasteiger charge is 2.30. The van der Waals surface area contributed by atoms with E-state index in [1.165, 1.54) is 11.3 Å². The highest BCUT2D eigenvalue weighted by Crippen LogP contribution is 2.35. The second kappa shape index (κ2) is 10.1. The summed E-state index contributed by atoms with van der Waals surface area (Å²) in [4.78, 5) is 7.74. The van der Waals surface area contributed by atoms with Gasteiger partial charge in [-0.05, 0) is 44.9 Å². The molecule has 0 saturated heterocycles. The molecule has 0 atom stereocenters. The van der Waals surface area contributed by atoms with Crippen LogP contribution < -0.4 is 9.47 Å². The number of amidine groups is 1. The van der Waals surface area contributed by atoms with Crippen molar-refractivity contribution in [1.29, 1.82) is 5.41 Å². The molecule has 33 heavy (non-hydrogen) atoms. The Kier molecular flexibility index (Phi) is 6.99. The number of rotatable bonds is 9. The van der Waals surface area contributed by atoms with E-state index in [2.05, 4.69) is 0 Å². The van der Waals surface area contributed by atoms with Crippen molar-refractivity contribution < 1.29 is 14.6 Å². The summed E-state index contributed by atoms with van der Waals surface area (Å²) in [6, 6.07) is 16.0. The van der Waals surface area contributed by atoms with Crippen molar-refractivity contribution in [3.8, 4) is 22.8 Å². The van der Waals surface area contributed by atoms with Gasteiger partial charge in [0.2, 0.25) is 0 Å². The fraction of sp³-hybridized carbons (Fsp3) is 0.308. The number of nitrogens with zero attached hydrogens (tertiary/aromatic N) is 2. The maximum Gasteiger partial charge on any atom is 0.161 e. The Balaban J connectivity index is 1.47. The third kappa shape index (κ3) is 4.88. The summed E-state index contributed by atoms with van der Waals surface area (Å²) in [5.74, 6) is 2.00. The normalized spacial score (nSPS) is 13.7. The van der Waals surface area contributed by atoms with Crippen molar-refractivity contribution in [1.82, 2.24) is 9.88 Å². The van der Waals surface area contributed by atoms with E-state index in [-0.39, 0.29) is 5.76 Å². The van der Waals surface area contributed by atoms with Crippen LogP contribution in [0, 0.1) is 12.3 Å². The van der Waals surface area contributed by atoms with Gasteiger partial charge in [-0.1, -0.05) is 36.4 Å². The first kappa shape index (κ1) is 22.9. The van der Waals surface area contributed by atoms with Gasteiger partial charge in [-0.2, -0.15) is 0 Å². The molecule has 0 unspecified atom stereocenters. The molecule has 1 aromatic heterocycles. The minimum Gasteiger partial charge on any atom is -0.510 e. The Morgan fingerprint density at radius 2 is 1.79 bits per heavy atom. The van der Waals surface area contributed by atoms with Crippen LogP contribution in [0.5, 0.6) is 11.5 Å². The van der Waals surface area contributed by atoms with Gasteiger partial charge in [0.25, 0.3) is 0 Å². The van der Waals surface area contributed by atoms with E-state index in [9.17, 15) is 5.11 Å². The second-order valence-electron chi connectivity index (χ2n) is 7.78. The topological polar surface area (TPSA) is 78.7 Å². The number of thiazole rings is 1. The number of hydrogen-bond acceptors (Lipinski definition) is 6. The smallest absolute Gasteiger partial charge is 0.161 e. The van der Waals surface area contributed by atoms with E-state index in [0.717, 1.165) is 39.6 Å². The van der Waals surface area contributed by atoms with Gasteiger partial charge in [0.05, 0.1) is 31.0 Å². The molecular weight excluding hydrogens is 434 g/mol. The van der Waals surface area contributed by atoms with Gasteiger partial charge in [0.1, 0.15) is 16.6 Å². The zero-order chi connectivity index (χ0) is 23.4. The van der Waals surface area contributed by atoms with E-state index in [1.54, 1.807) is 0 Å². The Morgan fingerprint density at radius 1 is 1.06 bits per heavy atom. The number of aliphatic hydroxyl groups is 1. The van der Waals surface area contributed by atoms with E-state index in [1.807, 2.05) is 74.2 Å². The van der Waals surface area contributed by atoms with Crippen LogP contribution in [0.3, 0.4) is 0 Å². The van der Waals surface area contributed by atoms with Gasteiger partial charge < -0.3 is 19.5 Å². The lowest BCUT2D eigenvalue weighted by molar-refractivity contribution is 0.287. The fourth-order valence-corrected chi connectivity index (χ4v) is 4.94. The molecule has 1 aliphatic rings. The first-order chi connectivity index (χ1) is 16.0. The zero-order valence-corrected chi connectivity index (χ0v) is 20.0. The molecule has 4 rings (SSSR count). The maximum absolute atomic E-state index is 10.7. The van der Waals surface area contributed by atoms with Crippen molar-refractivity contribution in [2.24, 2.45) is 0 Å². The fourth-order valence-electron chi connectivity index (χ4n) is 3.93. The predicted octanol–water partition coefficient (Wildman–Crippen LogP) is 5.72. The molecule has 6 nitrogen and oxygen atoms in total. The second-order valence-corrected chi connectivity index (χ2v) is 8.98. The molecule has 0 aliphatic carbocycles. The number of aryl methyl sites for hydroxylation is 1. The first-order valence-electron chi connectivity index (χ1n) is 11.2. The number of aliphatic hydroxyl groups excluding tert-OH is 1. The van der Waals surface area contributed by atoms with Gasteiger partial charge in [0, 0.05) is 17.0 Å². The van der Waals surface area contributed by atoms with Crippen LogP contribution in [-0.4, -0.2) is 47.1 Å². The Labute approximate surface area is 198 Å². The lowest BCUT2D eigenvalue weighted by atomic mass is 10.1. The van der Waals surface area contributed by atoms with Gasteiger partial charge in [-0.15, -0.1) is 11.3 Å². The molecule has 3 aromatic rings. The number of nitrogens with one attached hydrogen (secondary N) is 1. The third-order valence-electron chi connectivity index (χ3n) is 5.52. The lowest BCUT2D eigenvalue weighted by Gasteiger charge is -2.19. The molecule has 2 N–H and O–H groups in total. The molecular formula is C26H29N3O3S. The first-order valence-corrected chi connectivity index (χ1v) is 12.0. The summed E-state index contributed by atoms with van der Waals surface area (Å²) in [5.41, 5.74) is 3.57. The molecule has 2 aromatic carbocycles. The molecule has 0 fully saturated rings. The van der Waals surface area contributed by atoms with Crippen molar-refractivity contribution in [3.05, 3.63) is 69.7 Å². The number of benzene rings is 2. The summed E-state index contributed by atoms with van der Waals surface area (Å²) in [6.07, 6.45) is 0.724. The highest BCUT2D eigenvalue weighted by atomic mass is 32.1. The molecule has 0 amide bonds. The standard InChI is InChI=1S/C26H29N3O3S/c1-4-31-21-12-11-18(15-22(21)32-5-2)13-14-29-16-20(30)23(25(29)27)26-28-24(17(3)33-26)19-9-7-6-8-10-19/h6-12,15,27,30H,4-5,13-14,16H2,1-3H3. The van der Waals surface area contributed by atoms with Gasteiger partial charge in [0.15, 0.2) is 11.5 Å².